The molecule has 2 aromatic heterocycles. The molecule has 3 aromatic rings. The number of nitrogens with zero attached hydrogens (tertiary/aromatic N) is 5. The summed E-state index contributed by atoms with van der Waals surface area (Å²) in [6.45, 7) is 8.95. The van der Waals surface area contributed by atoms with Crippen LogP contribution in [0.3, 0.4) is 0 Å². The highest BCUT2D eigenvalue weighted by molar-refractivity contribution is 7.09. The first kappa shape index (κ1) is 40.1. The molecule has 1 aromatic carbocycles. The molecule has 14 heteroatoms. The van der Waals surface area contributed by atoms with Gasteiger partial charge in [0.25, 0.3) is 0 Å². The van der Waals surface area contributed by atoms with Gasteiger partial charge in [0.2, 0.25) is 5.91 Å². The lowest BCUT2D eigenvalue weighted by atomic mass is 10.0. The maximum absolute atomic E-state index is 14.2. The Kier molecular flexibility index (Phi) is 15.8. The minimum absolute atomic E-state index is 0.152. The van der Waals surface area contributed by atoms with Crippen LogP contribution in [0.15, 0.2) is 71.2 Å². The van der Waals surface area contributed by atoms with E-state index in [2.05, 4.69) is 57.6 Å². The normalized spacial score (nSPS) is 15.7. The van der Waals surface area contributed by atoms with Gasteiger partial charge in [-0.2, -0.15) is 0 Å². The quantitative estimate of drug-likeness (QED) is 0.162. The van der Waals surface area contributed by atoms with Crippen LogP contribution in [-0.2, 0) is 33.8 Å². The number of ether oxygens (including phenoxy) is 2. The fourth-order valence-corrected chi connectivity index (χ4v) is 7.49. The molecule has 3 heterocycles. The Morgan fingerprint density at radius 2 is 1.85 bits per heavy atom. The van der Waals surface area contributed by atoms with Crippen LogP contribution in [0, 0.1) is 0 Å². The molecule has 12 nitrogen and oxygen atoms in total. The number of nitrogens with one attached hydrogen (secondary N) is 2. The number of urea groups is 1. The standard InChI is InChI=1S/C39H53N7O5S2/c1-29(2)37-42-33(27-52-37)25-44(3)38(48)43-35(15-16-45-18-20-50-21-19-45)36(47)41-32(22-30-10-6-4-7-11-30)14-17-46(24-31-12-8-5-9-13-31)39(49)51-26-34-23-40-28-53-34/h4,6-8,10-13,23,27-29,32,35H,5,9,14-22,24-26H2,1-3H3,(H,41,47)(H,43,48)/t32-,35+/m0/s1. The Bertz CT molecular complexity index is 1640. The van der Waals surface area contributed by atoms with Crippen molar-refractivity contribution in [3.63, 3.8) is 0 Å². The number of allylic oxidation sites excluding steroid dienone is 2. The van der Waals surface area contributed by atoms with Crippen LogP contribution < -0.4 is 10.6 Å². The molecule has 1 aliphatic heterocycles. The number of rotatable bonds is 18. The minimum Gasteiger partial charge on any atom is -0.444 e. The van der Waals surface area contributed by atoms with E-state index in [1.54, 1.807) is 39.9 Å². The van der Waals surface area contributed by atoms with Gasteiger partial charge in [-0.05, 0) is 43.2 Å². The number of carbonyl (C=O) groups is 3. The molecule has 0 spiro atoms. The summed E-state index contributed by atoms with van der Waals surface area (Å²) < 4.78 is 11.2. The lowest BCUT2D eigenvalue weighted by Crippen LogP contribution is -2.54. The van der Waals surface area contributed by atoms with E-state index in [0.29, 0.717) is 64.6 Å². The predicted octanol–water partition coefficient (Wildman–Crippen LogP) is 5.99. The molecule has 2 N–H and O–H groups in total. The first-order valence-electron chi connectivity index (χ1n) is 18.5. The molecule has 53 heavy (non-hydrogen) atoms. The summed E-state index contributed by atoms with van der Waals surface area (Å²) in [6, 6.07) is 8.57. The highest BCUT2D eigenvalue weighted by Gasteiger charge is 2.27. The number of carbonyl (C=O) groups excluding carboxylic acids is 3. The Hall–Kier alpha value is -4.11. The van der Waals surface area contributed by atoms with Gasteiger partial charge in [0.15, 0.2) is 0 Å². The number of morpholine rings is 1. The minimum atomic E-state index is -0.772. The number of aromatic nitrogens is 2. The van der Waals surface area contributed by atoms with Gasteiger partial charge in [0.1, 0.15) is 12.6 Å². The van der Waals surface area contributed by atoms with Crippen LogP contribution in [0.5, 0.6) is 0 Å². The molecule has 0 radical (unpaired) electrons. The average Bonchev–Trinajstić information content (AvgIpc) is 3.88. The first-order chi connectivity index (χ1) is 25.7. The molecule has 5 rings (SSSR count). The summed E-state index contributed by atoms with van der Waals surface area (Å²) in [6.07, 6.45) is 11.0. The lowest BCUT2D eigenvalue weighted by Gasteiger charge is -2.30. The number of amides is 4. The summed E-state index contributed by atoms with van der Waals surface area (Å²) >= 11 is 3.03. The van der Waals surface area contributed by atoms with E-state index < -0.39 is 12.1 Å². The van der Waals surface area contributed by atoms with Crippen molar-refractivity contribution in [2.45, 2.75) is 77.1 Å². The summed E-state index contributed by atoms with van der Waals surface area (Å²) in [5, 5.41) is 9.32. The van der Waals surface area contributed by atoms with Crippen molar-refractivity contribution in [2.24, 2.45) is 0 Å². The zero-order valence-electron chi connectivity index (χ0n) is 31.1. The molecular weight excluding hydrogens is 711 g/mol. The second kappa shape index (κ2) is 21.0. The first-order valence-corrected chi connectivity index (χ1v) is 20.2. The van der Waals surface area contributed by atoms with E-state index in [9.17, 15) is 14.4 Å². The van der Waals surface area contributed by atoms with E-state index in [1.165, 1.54) is 11.3 Å². The average molecular weight is 764 g/mol. The van der Waals surface area contributed by atoms with Crippen LogP contribution in [-0.4, -0.2) is 108 Å². The number of benzene rings is 1. The molecule has 286 valence electrons. The highest BCUT2D eigenvalue weighted by atomic mass is 32.1. The van der Waals surface area contributed by atoms with Crippen molar-refractivity contribution in [1.82, 2.24) is 35.3 Å². The molecule has 1 fully saturated rings. The van der Waals surface area contributed by atoms with Crippen molar-refractivity contribution in [1.29, 1.82) is 0 Å². The highest BCUT2D eigenvalue weighted by Crippen LogP contribution is 2.20. The van der Waals surface area contributed by atoms with Crippen molar-refractivity contribution >= 4 is 40.7 Å². The van der Waals surface area contributed by atoms with Crippen molar-refractivity contribution in [3.05, 3.63) is 92.4 Å². The maximum Gasteiger partial charge on any atom is 0.410 e. The molecule has 2 atom stereocenters. The Morgan fingerprint density at radius 1 is 1.04 bits per heavy atom. The van der Waals surface area contributed by atoms with Gasteiger partial charge >= 0.3 is 12.1 Å². The predicted molar refractivity (Wildman–Crippen MR) is 209 cm³/mol. The van der Waals surface area contributed by atoms with Gasteiger partial charge in [-0.15, -0.1) is 22.7 Å². The SMILES string of the molecule is CC(C)c1nc(CN(C)C(=O)N[C@H](CCN2CCOCC2)C(=O)N[C@@H](CCN(CC2=CCCC=C2)C(=O)OCc2cncs2)Cc2ccccc2)cs1. The van der Waals surface area contributed by atoms with Gasteiger partial charge in [0.05, 0.1) is 40.8 Å². The number of hydrogen-bond acceptors (Lipinski definition) is 10. The Labute approximate surface area is 321 Å². The van der Waals surface area contributed by atoms with E-state index in [1.807, 2.05) is 35.7 Å². The largest absolute Gasteiger partial charge is 0.444 e. The van der Waals surface area contributed by atoms with E-state index in [-0.39, 0.29) is 24.6 Å². The van der Waals surface area contributed by atoms with Crippen molar-refractivity contribution in [3.8, 4) is 0 Å². The number of hydrogen-bond donors (Lipinski definition) is 2. The fourth-order valence-electron chi connectivity index (χ4n) is 6.15. The van der Waals surface area contributed by atoms with Crippen LogP contribution in [0.4, 0.5) is 9.59 Å². The van der Waals surface area contributed by atoms with Gasteiger partial charge in [0, 0.05) is 63.3 Å². The van der Waals surface area contributed by atoms with Crippen molar-refractivity contribution < 1.29 is 23.9 Å². The molecule has 2 aliphatic rings. The summed E-state index contributed by atoms with van der Waals surface area (Å²) in [7, 11) is 1.72. The van der Waals surface area contributed by atoms with E-state index in [4.69, 9.17) is 9.47 Å². The van der Waals surface area contributed by atoms with E-state index in [0.717, 1.165) is 52.6 Å². The second-order valence-electron chi connectivity index (χ2n) is 13.8. The van der Waals surface area contributed by atoms with Gasteiger partial charge in [-0.3, -0.25) is 14.7 Å². The summed E-state index contributed by atoms with van der Waals surface area (Å²) in [5.74, 6) is 0.0570. The van der Waals surface area contributed by atoms with Crippen molar-refractivity contribution in [2.75, 3.05) is 53.0 Å². The summed E-state index contributed by atoms with van der Waals surface area (Å²) in [4.78, 5) is 56.4. The molecule has 1 aliphatic carbocycles. The van der Waals surface area contributed by atoms with Crippen LogP contribution in [0.1, 0.15) is 66.6 Å². The monoisotopic (exact) mass is 763 g/mol. The van der Waals surface area contributed by atoms with Gasteiger partial charge in [-0.25, -0.2) is 14.6 Å². The topological polar surface area (TPSA) is 129 Å². The summed E-state index contributed by atoms with van der Waals surface area (Å²) in [5.41, 5.74) is 4.66. The fraction of sp³-hybridized carbons (Fsp3) is 0.513. The molecule has 0 saturated carbocycles. The Morgan fingerprint density at radius 3 is 2.55 bits per heavy atom. The molecule has 1 saturated heterocycles. The maximum atomic E-state index is 14.2. The smallest absolute Gasteiger partial charge is 0.410 e. The third-order valence-corrected chi connectivity index (χ3v) is 11.2. The van der Waals surface area contributed by atoms with Gasteiger partial charge in [-0.1, -0.05) is 62.4 Å². The van der Waals surface area contributed by atoms with Crippen LogP contribution >= 0.6 is 22.7 Å². The Balaban J connectivity index is 1.29. The zero-order valence-corrected chi connectivity index (χ0v) is 32.7. The molecular formula is C39H53N7O5S2. The third-order valence-electron chi connectivity index (χ3n) is 9.20. The van der Waals surface area contributed by atoms with E-state index >= 15 is 0 Å². The number of thiazole rings is 2. The molecule has 4 amide bonds. The van der Waals surface area contributed by atoms with Gasteiger partial charge < -0.3 is 29.9 Å². The second-order valence-corrected chi connectivity index (χ2v) is 15.7. The van der Waals surface area contributed by atoms with Crippen LogP contribution in [0.25, 0.3) is 0 Å². The third kappa shape index (κ3) is 13.4. The zero-order chi connectivity index (χ0) is 37.4. The molecule has 0 unspecified atom stereocenters. The van der Waals surface area contributed by atoms with Crippen LogP contribution in [0.2, 0.25) is 0 Å². The lowest BCUT2D eigenvalue weighted by molar-refractivity contribution is -0.124. The molecule has 0 bridgehead atoms.